The third-order valence-corrected chi connectivity index (χ3v) is 2.03. The Morgan fingerprint density at radius 2 is 2.07 bits per heavy atom. The molecule has 1 aromatic rings. The third kappa shape index (κ3) is 3.44. The van der Waals surface area contributed by atoms with Crippen LogP contribution in [-0.2, 0) is 4.79 Å². The van der Waals surface area contributed by atoms with E-state index < -0.39 is 5.97 Å². The summed E-state index contributed by atoms with van der Waals surface area (Å²) in [6.07, 6.45) is 3.50. The summed E-state index contributed by atoms with van der Waals surface area (Å²) in [4.78, 5) is 10.2. The predicted molar refractivity (Wildman–Crippen MR) is 53.6 cm³/mol. The summed E-state index contributed by atoms with van der Waals surface area (Å²) in [5.41, 5.74) is 1.18. The SMILES string of the molecule is C[C@@H](/C=C\CC(=O)[O-])c1ccccc1. The van der Waals surface area contributed by atoms with Crippen molar-refractivity contribution < 1.29 is 9.90 Å². The van der Waals surface area contributed by atoms with Crippen molar-refractivity contribution in [2.45, 2.75) is 19.3 Å². The fraction of sp³-hybridized carbons (Fsp3) is 0.250. The number of hydrogen-bond acceptors (Lipinski definition) is 2. The Balaban J connectivity index is 2.54. The van der Waals surface area contributed by atoms with Crippen LogP contribution in [0.3, 0.4) is 0 Å². The van der Waals surface area contributed by atoms with Gasteiger partial charge in [0.05, 0.1) is 0 Å². The van der Waals surface area contributed by atoms with E-state index in [9.17, 15) is 9.90 Å². The van der Waals surface area contributed by atoms with Crippen LogP contribution in [-0.4, -0.2) is 5.97 Å². The Hall–Kier alpha value is -1.57. The van der Waals surface area contributed by atoms with E-state index in [1.54, 1.807) is 6.08 Å². The van der Waals surface area contributed by atoms with E-state index in [0.29, 0.717) is 0 Å². The zero-order valence-electron chi connectivity index (χ0n) is 8.14. The van der Waals surface area contributed by atoms with Crippen molar-refractivity contribution >= 4 is 5.97 Å². The summed E-state index contributed by atoms with van der Waals surface area (Å²) in [6.45, 7) is 2.03. The molecule has 0 saturated carbocycles. The molecule has 2 nitrogen and oxygen atoms in total. The monoisotopic (exact) mass is 189 g/mol. The Bertz CT molecular complexity index is 314. The molecule has 1 aromatic carbocycles. The van der Waals surface area contributed by atoms with Crippen molar-refractivity contribution in [1.29, 1.82) is 0 Å². The average Bonchev–Trinajstić information content (AvgIpc) is 2.18. The molecule has 0 radical (unpaired) electrons. The minimum absolute atomic E-state index is 0.0167. The second-order valence-corrected chi connectivity index (χ2v) is 3.20. The first kappa shape index (κ1) is 10.5. The number of aliphatic carboxylic acids is 1. The number of carboxylic acid groups (broad SMARTS) is 1. The van der Waals surface area contributed by atoms with Crippen LogP contribution in [0.15, 0.2) is 42.5 Å². The van der Waals surface area contributed by atoms with Gasteiger partial charge in [0.25, 0.3) is 0 Å². The van der Waals surface area contributed by atoms with E-state index in [2.05, 4.69) is 0 Å². The molecule has 1 atom stereocenters. The molecule has 0 saturated heterocycles. The maximum absolute atomic E-state index is 10.2. The van der Waals surface area contributed by atoms with Crippen LogP contribution >= 0.6 is 0 Å². The molecule has 0 N–H and O–H groups in total. The first-order valence-electron chi connectivity index (χ1n) is 4.61. The molecular formula is C12H13O2-. The van der Waals surface area contributed by atoms with E-state index in [0.717, 1.165) is 0 Å². The summed E-state index contributed by atoms with van der Waals surface area (Å²) in [6, 6.07) is 9.94. The van der Waals surface area contributed by atoms with Crippen LogP contribution in [0, 0.1) is 0 Å². The van der Waals surface area contributed by atoms with Gasteiger partial charge in [-0.05, 0) is 11.5 Å². The third-order valence-electron chi connectivity index (χ3n) is 2.03. The van der Waals surface area contributed by atoms with E-state index in [4.69, 9.17) is 0 Å². The highest BCUT2D eigenvalue weighted by Crippen LogP contribution is 2.15. The van der Waals surface area contributed by atoms with E-state index >= 15 is 0 Å². The fourth-order valence-electron chi connectivity index (χ4n) is 1.24. The Labute approximate surface area is 83.9 Å². The second kappa shape index (κ2) is 5.22. The molecule has 0 heterocycles. The molecule has 74 valence electrons. The highest BCUT2D eigenvalue weighted by atomic mass is 16.4. The van der Waals surface area contributed by atoms with Crippen LogP contribution in [0.2, 0.25) is 0 Å². The standard InChI is InChI=1S/C12H14O2/c1-10(6-5-9-12(13)14)11-7-3-2-4-8-11/h2-8,10H,9H2,1H3,(H,13,14)/p-1/b6-5-/t10-/m0/s1. The van der Waals surface area contributed by atoms with Gasteiger partial charge in [-0.25, -0.2) is 0 Å². The number of carbonyl (C=O) groups is 1. The number of hydrogen-bond donors (Lipinski definition) is 0. The first-order valence-corrected chi connectivity index (χ1v) is 4.61. The molecule has 0 unspecified atom stereocenters. The van der Waals surface area contributed by atoms with Crippen molar-refractivity contribution in [3.05, 3.63) is 48.0 Å². The van der Waals surface area contributed by atoms with Gasteiger partial charge in [-0.15, -0.1) is 0 Å². The summed E-state index contributed by atoms with van der Waals surface area (Å²) < 4.78 is 0. The molecule has 0 spiro atoms. The molecule has 2 heteroatoms. The lowest BCUT2D eigenvalue weighted by molar-refractivity contribution is -0.304. The van der Waals surface area contributed by atoms with Gasteiger partial charge in [0.1, 0.15) is 0 Å². The Morgan fingerprint density at radius 3 is 2.64 bits per heavy atom. The molecule has 0 aliphatic heterocycles. The molecule has 0 bridgehead atoms. The maximum atomic E-state index is 10.2. The first-order chi connectivity index (χ1) is 6.70. The molecule has 0 aromatic heterocycles. The molecular weight excluding hydrogens is 176 g/mol. The summed E-state index contributed by atoms with van der Waals surface area (Å²) >= 11 is 0. The lowest BCUT2D eigenvalue weighted by atomic mass is 10.0. The Morgan fingerprint density at radius 1 is 1.43 bits per heavy atom. The fourth-order valence-corrected chi connectivity index (χ4v) is 1.24. The van der Waals surface area contributed by atoms with Crippen molar-refractivity contribution in [1.82, 2.24) is 0 Å². The van der Waals surface area contributed by atoms with Crippen LogP contribution in [0.4, 0.5) is 0 Å². The normalized spacial score (nSPS) is 12.9. The largest absolute Gasteiger partial charge is 0.550 e. The summed E-state index contributed by atoms with van der Waals surface area (Å²) in [7, 11) is 0. The van der Waals surface area contributed by atoms with Gasteiger partial charge < -0.3 is 9.90 Å². The molecule has 0 aliphatic carbocycles. The zero-order chi connectivity index (χ0) is 10.4. The van der Waals surface area contributed by atoms with Gasteiger partial charge in [0, 0.05) is 12.4 Å². The Kier molecular flexibility index (Phi) is 3.92. The molecule has 0 amide bonds. The van der Waals surface area contributed by atoms with Gasteiger partial charge in [-0.3, -0.25) is 0 Å². The minimum atomic E-state index is -1.04. The second-order valence-electron chi connectivity index (χ2n) is 3.20. The number of carbonyl (C=O) groups excluding carboxylic acids is 1. The molecule has 0 aliphatic rings. The van der Waals surface area contributed by atoms with Gasteiger partial charge >= 0.3 is 0 Å². The van der Waals surface area contributed by atoms with Crippen molar-refractivity contribution in [3.63, 3.8) is 0 Å². The van der Waals surface area contributed by atoms with Crippen molar-refractivity contribution in [2.75, 3.05) is 0 Å². The van der Waals surface area contributed by atoms with Crippen LogP contribution < -0.4 is 5.11 Å². The number of allylic oxidation sites excluding steroid dienone is 1. The summed E-state index contributed by atoms with van der Waals surface area (Å²) in [5.74, 6) is -0.794. The van der Waals surface area contributed by atoms with E-state index in [-0.39, 0.29) is 12.3 Å². The number of benzene rings is 1. The zero-order valence-corrected chi connectivity index (χ0v) is 8.14. The topological polar surface area (TPSA) is 40.1 Å². The summed E-state index contributed by atoms with van der Waals surface area (Å²) in [5, 5.41) is 10.2. The highest BCUT2D eigenvalue weighted by molar-refractivity contribution is 5.66. The predicted octanol–water partition coefficient (Wildman–Crippen LogP) is 1.49. The van der Waals surface area contributed by atoms with Crippen molar-refractivity contribution in [2.24, 2.45) is 0 Å². The van der Waals surface area contributed by atoms with Gasteiger partial charge in [-0.2, -0.15) is 0 Å². The quantitative estimate of drug-likeness (QED) is 0.673. The van der Waals surface area contributed by atoms with Crippen LogP contribution in [0.5, 0.6) is 0 Å². The van der Waals surface area contributed by atoms with E-state index in [1.165, 1.54) is 5.56 Å². The number of rotatable bonds is 4. The lowest BCUT2D eigenvalue weighted by Crippen LogP contribution is -2.20. The van der Waals surface area contributed by atoms with Gasteiger partial charge in [0.2, 0.25) is 0 Å². The average molecular weight is 189 g/mol. The van der Waals surface area contributed by atoms with Crippen LogP contribution in [0.1, 0.15) is 24.8 Å². The highest BCUT2D eigenvalue weighted by Gasteiger charge is 1.98. The van der Waals surface area contributed by atoms with Crippen molar-refractivity contribution in [3.8, 4) is 0 Å². The maximum Gasteiger partial charge on any atom is 0.0452 e. The minimum Gasteiger partial charge on any atom is -0.550 e. The van der Waals surface area contributed by atoms with Crippen LogP contribution in [0.25, 0.3) is 0 Å². The number of carboxylic acids is 1. The lowest BCUT2D eigenvalue weighted by Gasteiger charge is -2.05. The molecule has 14 heavy (non-hydrogen) atoms. The van der Waals surface area contributed by atoms with Gasteiger partial charge in [-0.1, -0.05) is 49.4 Å². The smallest absolute Gasteiger partial charge is 0.0452 e. The molecule has 0 fully saturated rings. The van der Waals surface area contributed by atoms with Gasteiger partial charge in [0.15, 0.2) is 0 Å². The van der Waals surface area contributed by atoms with E-state index in [1.807, 2.05) is 43.3 Å². The molecule has 1 rings (SSSR count).